The van der Waals surface area contributed by atoms with Gasteiger partial charge >= 0.3 is 0 Å². The van der Waals surface area contributed by atoms with Gasteiger partial charge in [0.05, 0.1) is 6.04 Å². The van der Waals surface area contributed by atoms with Crippen LogP contribution in [0.4, 0.5) is 0 Å². The molecule has 3 saturated heterocycles. The van der Waals surface area contributed by atoms with Crippen LogP contribution in [0.15, 0.2) is 4.99 Å². The zero-order valence-electron chi connectivity index (χ0n) is 17.2. The number of nitrogens with one attached hydrogen (secondary N) is 1. The molecule has 27 heavy (non-hydrogen) atoms. The van der Waals surface area contributed by atoms with Gasteiger partial charge in [-0.15, -0.1) is 0 Å². The molecular formula is C20H37N5OS. The van der Waals surface area contributed by atoms with E-state index in [0.717, 1.165) is 77.1 Å². The Bertz CT molecular complexity index is 495. The molecule has 0 aliphatic carbocycles. The molecule has 1 amide bonds. The zero-order chi connectivity index (χ0) is 19.1. The van der Waals surface area contributed by atoms with E-state index in [4.69, 9.17) is 4.99 Å². The molecule has 0 bridgehead atoms. The highest BCUT2D eigenvalue weighted by Gasteiger charge is 2.30. The molecule has 6 nitrogen and oxygen atoms in total. The van der Waals surface area contributed by atoms with Crippen LogP contribution in [0.5, 0.6) is 0 Å². The van der Waals surface area contributed by atoms with Gasteiger partial charge in [0.25, 0.3) is 0 Å². The van der Waals surface area contributed by atoms with Gasteiger partial charge in [0, 0.05) is 52.4 Å². The van der Waals surface area contributed by atoms with Gasteiger partial charge in [-0.05, 0) is 57.0 Å². The third-order valence-electron chi connectivity index (χ3n) is 6.11. The standard InChI is InChI=1S/C20H37N5OS/c1-3-21-20(22-16-18-6-14-27-15-7-18)25-12-10-23(11-13-25)17(2)19(26)24-8-4-5-9-24/h17-18H,3-16H2,1-2H3,(H,21,22). The highest BCUT2D eigenvalue weighted by Crippen LogP contribution is 2.23. The number of amides is 1. The SMILES string of the molecule is CCNC(=NCC1CCSCC1)N1CCN(C(C)C(=O)N2CCCC2)CC1. The van der Waals surface area contributed by atoms with Crippen molar-refractivity contribution in [3.63, 3.8) is 0 Å². The Morgan fingerprint density at radius 2 is 1.74 bits per heavy atom. The summed E-state index contributed by atoms with van der Waals surface area (Å²) in [6, 6.07) is 0.00418. The van der Waals surface area contributed by atoms with Gasteiger partial charge in [-0.3, -0.25) is 14.7 Å². The highest BCUT2D eigenvalue weighted by molar-refractivity contribution is 7.99. The van der Waals surface area contributed by atoms with E-state index in [0.29, 0.717) is 5.91 Å². The van der Waals surface area contributed by atoms with Gasteiger partial charge in [-0.1, -0.05) is 0 Å². The topological polar surface area (TPSA) is 51.2 Å². The van der Waals surface area contributed by atoms with Crippen molar-refractivity contribution in [1.29, 1.82) is 0 Å². The maximum Gasteiger partial charge on any atom is 0.239 e. The van der Waals surface area contributed by atoms with E-state index in [1.165, 1.54) is 24.3 Å². The van der Waals surface area contributed by atoms with Crippen LogP contribution in [-0.2, 0) is 4.79 Å². The lowest BCUT2D eigenvalue weighted by atomic mass is 10.0. The highest BCUT2D eigenvalue weighted by atomic mass is 32.2. The van der Waals surface area contributed by atoms with Crippen molar-refractivity contribution in [2.45, 2.75) is 45.6 Å². The van der Waals surface area contributed by atoms with Crippen molar-refractivity contribution in [1.82, 2.24) is 20.0 Å². The van der Waals surface area contributed by atoms with E-state index in [1.54, 1.807) is 0 Å². The van der Waals surface area contributed by atoms with E-state index < -0.39 is 0 Å². The molecule has 0 radical (unpaired) electrons. The Morgan fingerprint density at radius 1 is 1.07 bits per heavy atom. The van der Waals surface area contributed by atoms with Crippen molar-refractivity contribution >= 4 is 23.6 Å². The van der Waals surface area contributed by atoms with Gasteiger partial charge < -0.3 is 15.1 Å². The molecule has 0 aromatic carbocycles. The lowest BCUT2D eigenvalue weighted by Gasteiger charge is -2.39. The van der Waals surface area contributed by atoms with Crippen molar-refractivity contribution in [2.75, 3.05) is 63.9 Å². The number of rotatable bonds is 5. The van der Waals surface area contributed by atoms with Gasteiger partial charge in [0.1, 0.15) is 0 Å². The number of hydrogen-bond acceptors (Lipinski definition) is 4. The molecule has 3 rings (SSSR count). The first-order valence-electron chi connectivity index (χ1n) is 10.8. The van der Waals surface area contributed by atoms with Crippen molar-refractivity contribution in [3.05, 3.63) is 0 Å². The number of piperazine rings is 1. The van der Waals surface area contributed by atoms with Gasteiger partial charge in [0.15, 0.2) is 5.96 Å². The van der Waals surface area contributed by atoms with E-state index in [1.807, 2.05) is 4.90 Å². The molecule has 3 heterocycles. The first-order valence-corrected chi connectivity index (χ1v) is 12.0. The number of hydrogen-bond donors (Lipinski definition) is 1. The minimum Gasteiger partial charge on any atom is -0.357 e. The van der Waals surface area contributed by atoms with Gasteiger partial charge in [0.2, 0.25) is 5.91 Å². The van der Waals surface area contributed by atoms with Crippen LogP contribution >= 0.6 is 11.8 Å². The van der Waals surface area contributed by atoms with Gasteiger partial charge in [-0.25, -0.2) is 0 Å². The summed E-state index contributed by atoms with van der Waals surface area (Å²) in [5.41, 5.74) is 0. The van der Waals surface area contributed by atoms with Crippen LogP contribution in [0.2, 0.25) is 0 Å². The summed E-state index contributed by atoms with van der Waals surface area (Å²) in [5, 5.41) is 3.48. The molecule has 7 heteroatoms. The summed E-state index contributed by atoms with van der Waals surface area (Å²) in [4.78, 5) is 24.4. The van der Waals surface area contributed by atoms with Crippen LogP contribution in [0, 0.1) is 5.92 Å². The fraction of sp³-hybridized carbons (Fsp3) is 0.900. The average molecular weight is 396 g/mol. The number of carbonyl (C=O) groups is 1. The summed E-state index contributed by atoms with van der Waals surface area (Å²) in [6.45, 7) is 11.7. The fourth-order valence-corrected chi connectivity index (χ4v) is 5.45. The van der Waals surface area contributed by atoms with Crippen LogP contribution in [-0.4, -0.2) is 96.5 Å². The summed E-state index contributed by atoms with van der Waals surface area (Å²) >= 11 is 2.07. The molecule has 3 aliphatic heterocycles. The minimum absolute atomic E-state index is 0.00418. The number of nitrogens with zero attached hydrogens (tertiary/aromatic N) is 4. The number of thioether (sulfide) groups is 1. The molecule has 154 valence electrons. The van der Waals surface area contributed by atoms with Crippen LogP contribution in [0.1, 0.15) is 39.5 Å². The zero-order valence-corrected chi connectivity index (χ0v) is 18.0. The molecule has 0 spiro atoms. The Kier molecular flexibility index (Phi) is 8.12. The molecule has 1 N–H and O–H groups in total. The number of carbonyl (C=O) groups excluding carboxylic acids is 1. The van der Waals surface area contributed by atoms with Crippen LogP contribution < -0.4 is 5.32 Å². The largest absolute Gasteiger partial charge is 0.357 e. The molecule has 0 saturated carbocycles. The Balaban J connectivity index is 1.49. The molecule has 3 fully saturated rings. The van der Waals surface area contributed by atoms with E-state index in [9.17, 15) is 4.79 Å². The first-order chi connectivity index (χ1) is 13.2. The molecule has 1 unspecified atom stereocenters. The summed E-state index contributed by atoms with van der Waals surface area (Å²) in [7, 11) is 0. The lowest BCUT2D eigenvalue weighted by molar-refractivity contribution is -0.135. The third kappa shape index (κ3) is 5.76. The molecule has 0 aromatic heterocycles. The van der Waals surface area contributed by atoms with Crippen molar-refractivity contribution in [2.24, 2.45) is 10.9 Å². The number of aliphatic imine (C=N–C) groups is 1. The normalized spacial score (nSPS) is 24.3. The maximum absolute atomic E-state index is 12.7. The second-order valence-corrected chi connectivity index (χ2v) is 9.21. The van der Waals surface area contributed by atoms with Crippen molar-refractivity contribution in [3.8, 4) is 0 Å². The summed E-state index contributed by atoms with van der Waals surface area (Å²) in [6.07, 6.45) is 4.93. The smallest absolute Gasteiger partial charge is 0.239 e. The predicted molar refractivity (Wildman–Crippen MR) is 114 cm³/mol. The maximum atomic E-state index is 12.7. The fourth-order valence-electron chi connectivity index (χ4n) is 4.25. The first kappa shape index (κ1) is 20.8. The number of likely N-dealkylation sites (tertiary alicyclic amines) is 1. The number of guanidine groups is 1. The monoisotopic (exact) mass is 395 g/mol. The predicted octanol–water partition coefficient (Wildman–Crippen LogP) is 1.72. The van der Waals surface area contributed by atoms with E-state index >= 15 is 0 Å². The van der Waals surface area contributed by atoms with E-state index in [-0.39, 0.29) is 6.04 Å². The second kappa shape index (κ2) is 10.6. The summed E-state index contributed by atoms with van der Waals surface area (Å²) in [5.74, 6) is 4.71. The molecule has 3 aliphatic rings. The Morgan fingerprint density at radius 3 is 2.37 bits per heavy atom. The molecular weight excluding hydrogens is 358 g/mol. The van der Waals surface area contributed by atoms with E-state index in [2.05, 4.69) is 40.7 Å². The van der Waals surface area contributed by atoms with Crippen LogP contribution in [0.25, 0.3) is 0 Å². The summed E-state index contributed by atoms with van der Waals surface area (Å²) < 4.78 is 0. The third-order valence-corrected chi connectivity index (χ3v) is 7.16. The van der Waals surface area contributed by atoms with Crippen molar-refractivity contribution < 1.29 is 4.79 Å². The Hall–Kier alpha value is -0.950. The average Bonchev–Trinajstić information content (AvgIpc) is 3.26. The lowest BCUT2D eigenvalue weighted by Crippen LogP contribution is -2.57. The van der Waals surface area contributed by atoms with Gasteiger partial charge in [-0.2, -0.15) is 11.8 Å². The minimum atomic E-state index is 0.00418. The molecule has 0 aromatic rings. The Labute approximate surface area is 169 Å². The molecule has 1 atom stereocenters. The van der Waals surface area contributed by atoms with Crippen LogP contribution in [0.3, 0.4) is 0 Å². The second-order valence-electron chi connectivity index (χ2n) is 7.98. The quantitative estimate of drug-likeness (QED) is 0.567.